The van der Waals surface area contributed by atoms with Crippen molar-refractivity contribution >= 4 is 0 Å². The second-order valence-electron chi connectivity index (χ2n) is 7.61. The van der Waals surface area contributed by atoms with Crippen LogP contribution in [0, 0.1) is 7.14 Å². The topological polar surface area (TPSA) is 31.5 Å². The van der Waals surface area contributed by atoms with Crippen LogP contribution in [0.15, 0.2) is 48.5 Å². The maximum absolute atomic E-state index is 2.31. The number of benzene rings is 2. The van der Waals surface area contributed by atoms with Gasteiger partial charge in [0.2, 0.25) is 0 Å². The number of hydrogen-bond donors (Lipinski definition) is 0. The van der Waals surface area contributed by atoms with Crippen LogP contribution < -0.4 is 21.2 Å². The third-order valence-electron chi connectivity index (χ3n) is 3.64. The van der Waals surface area contributed by atoms with Crippen LogP contribution in [0.3, 0.4) is 0 Å². The first-order chi connectivity index (χ1) is 9.66. The minimum Gasteiger partial charge on any atom is -0.412 e. The van der Waals surface area contributed by atoms with Gasteiger partial charge < -0.3 is 5.48 Å². The van der Waals surface area contributed by atoms with Crippen LogP contribution in [0.2, 0.25) is 0 Å². The Morgan fingerprint density at radius 2 is 0.818 bits per heavy atom. The van der Waals surface area contributed by atoms with Crippen molar-refractivity contribution in [2.75, 3.05) is 0 Å². The fourth-order valence-electron chi connectivity index (χ4n) is 2.15. The second-order valence-corrected chi connectivity index (χ2v) is 10.6. The van der Waals surface area contributed by atoms with Gasteiger partial charge in [-0.1, -0.05) is 65.8 Å². The highest BCUT2D eigenvalue weighted by molar-refractivity contribution is 5.23. The highest BCUT2D eigenvalue weighted by atomic mass is 127. The molecule has 0 heterocycles. The molecule has 0 atom stereocenters. The summed E-state index contributed by atoms with van der Waals surface area (Å²) in [6.45, 7) is 13.6. The molecule has 0 unspecified atom stereocenters. The fourth-order valence-corrected chi connectivity index (χ4v) is 4.31. The third-order valence-corrected chi connectivity index (χ3v) is 6.32. The van der Waals surface area contributed by atoms with Crippen LogP contribution >= 0.6 is 0 Å². The molecule has 1 nitrogen and oxygen atoms in total. The summed E-state index contributed by atoms with van der Waals surface area (Å²) in [6.07, 6.45) is 0. The summed E-state index contributed by atoms with van der Waals surface area (Å²) in [5, 5.41) is 0. The van der Waals surface area contributed by atoms with Gasteiger partial charge in [0.1, 0.15) is 0 Å². The zero-order valence-corrected chi connectivity index (χ0v) is 16.7. The molecular weight excluding hydrogens is 383 g/mol. The Hall–Kier alpha value is -0.870. The van der Waals surface area contributed by atoms with Crippen LogP contribution in [-0.4, -0.2) is 5.48 Å². The molecule has 0 aliphatic rings. The molecule has 2 N–H and O–H groups in total. The Bertz CT molecular complexity index is 528. The van der Waals surface area contributed by atoms with Gasteiger partial charge in [0.15, 0.2) is 7.14 Å². The van der Waals surface area contributed by atoms with Crippen LogP contribution in [0.4, 0.5) is 0 Å². The first kappa shape index (κ1) is 19.2. The minimum atomic E-state index is -0.0703. The molecule has 0 bridgehead atoms. The van der Waals surface area contributed by atoms with Gasteiger partial charge in [-0.2, -0.15) is 0 Å². The van der Waals surface area contributed by atoms with Crippen LogP contribution in [0.25, 0.3) is 0 Å². The Labute approximate surface area is 145 Å². The predicted molar refractivity (Wildman–Crippen MR) is 91.3 cm³/mol. The van der Waals surface area contributed by atoms with E-state index in [1.165, 1.54) is 18.3 Å². The van der Waals surface area contributed by atoms with Gasteiger partial charge >= 0.3 is 21.2 Å². The average Bonchev–Trinajstić information content (AvgIpc) is 2.38. The summed E-state index contributed by atoms with van der Waals surface area (Å²) < 4.78 is 2.98. The van der Waals surface area contributed by atoms with Gasteiger partial charge in [0.25, 0.3) is 0 Å². The molecule has 0 saturated carbocycles. The van der Waals surface area contributed by atoms with Gasteiger partial charge in [-0.15, -0.1) is 0 Å². The molecule has 120 valence electrons. The van der Waals surface area contributed by atoms with Crippen molar-refractivity contribution in [3.05, 3.63) is 66.8 Å². The van der Waals surface area contributed by atoms with Crippen molar-refractivity contribution in [2.45, 2.75) is 52.4 Å². The summed E-state index contributed by atoms with van der Waals surface area (Å²) in [7, 11) is 0. The molecule has 2 aromatic rings. The molecule has 22 heavy (non-hydrogen) atoms. The standard InChI is InChI=1S/C20H26I.H2O/c1-19(2,3)15-7-11-17(12-8-15)21-18-13-9-16(10-14-18)20(4,5)6;/h7-14H,1-6H3;1H2/q+1;. The Morgan fingerprint density at radius 3 is 1.05 bits per heavy atom. The number of hydrogen-bond acceptors (Lipinski definition) is 0. The second kappa shape index (κ2) is 7.14. The van der Waals surface area contributed by atoms with E-state index in [1.807, 2.05) is 0 Å². The molecule has 0 aromatic heterocycles. The van der Waals surface area contributed by atoms with E-state index in [1.54, 1.807) is 0 Å². The van der Waals surface area contributed by atoms with Crippen molar-refractivity contribution in [2.24, 2.45) is 0 Å². The monoisotopic (exact) mass is 411 g/mol. The summed E-state index contributed by atoms with van der Waals surface area (Å²) >= 11 is -0.0703. The molecule has 0 amide bonds. The molecule has 2 aromatic carbocycles. The molecule has 0 fully saturated rings. The molecule has 0 spiro atoms. The van der Waals surface area contributed by atoms with Gasteiger partial charge in [-0.25, -0.2) is 0 Å². The Balaban J connectivity index is 0.00000242. The molecule has 0 aliphatic carbocycles. The van der Waals surface area contributed by atoms with Gasteiger partial charge in [-0.3, -0.25) is 0 Å². The van der Waals surface area contributed by atoms with Gasteiger partial charge in [-0.05, 0) is 46.2 Å². The minimum absolute atomic E-state index is 0. The lowest BCUT2D eigenvalue weighted by molar-refractivity contribution is -0.597. The zero-order valence-electron chi connectivity index (χ0n) is 14.5. The SMILES string of the molecule is CC(C)(C)c1ccc([I+]c2ccc(C(C)(C)C)cc2)cc1.O. The van der Waals surface area contributed by atoms with E-state index in [4.69, 9.17) is 0 Å². The zero-order chi connectivity index (χ0) is 15.7. The summed E-state index contributed by atoms with van der Waals surface area (Å²) in [5.41, 5.74) is 3.31. The van der Waals surface area contributed by atoms with Gasteiger partial charge in [0.05, 0.1) is 0 Å². The van der Waals surface area contributed by atoms with Gasteiger partial charge in [0, 0.05) is 0 Å². The van der Waals surface area contributed by atoms with Crippen LogP contribution in [-0.2, 0) is 10.8 Å². The van der Waals surface area contributed by atoms with Crippen molar-refractivity contribution in [3.63, 3.8) is 0 Å². The van der Waals surface area contributed by atoms with Crippen LogP contribution in [0.1, 0.15) is 52.7 Å². The van der Waals surface area contributed by atoms with E-state index >= 15 is 0 Å². The first-order valence-corrected chi connectivity index (χ1v) is 9.68. The van der Waals surface area contributed by atoms with Crippen molar-refractivity contribution < 1.29 is 26.7 Å². The maximum Gasteiger partial charge on any atom is 0.357 e. The van der Waals surface area contributed by atoms with E-state index < -0.39 is 0 Å². The lowest BCUT2D eigenvalue weighted by Crippen LogP contribution is -3.61. The lowest BCUT2D eigenvalue weighted by atomic mass is 9.87. The number of halogens is 1. The molecule has 0 aliphatic heterocycles. The van der Waals surface area contributed by atoms with Crippen molar-refractivity contribution in [3.8, 4) is 0 Å². The van der Waals surface area contributed by atoms with E-state index in [2.05, 4.69) is 90.1 Å². The normalized spacial score (nSPS) is 11.9. The van der Waals surface area contributed by atoms with Crippen molar-refractivity contribution in [1.82, 2.24) is 0 Å². The predicted octanol–water partition coefficient (Wildman–Crippen LogP) is 1.59. The molecule has 2 rings (SSSR count). The maximum atomic E-state index is 2.31. The largest absolute Gasteiger partial charge is 0.412 e. The van der Waals surface area contributed by atoms with Crippen molar-refractivity contribution in [1.29, 1.82) is 0 Å². The van der Waals surface area contributed by atoms with Crippen LogP contribution in [0.5, 0.6) is 0 Å². The number of rotatable bonds is 2. The summed E-state index contributed by atoms with van der Waals surface area (Å²) in [4.78, 5) is 0. The third kappa shape index (κ3) is 5.10. The Kier molecular flexibility index (Phi) is 6.22. The smallest absolute Gasteiger partial charge is 0.357 e. The summed E-state index contributed by atoms with van der Waals surface area (Å²) in [5.74, 6) is 0. The molecular formula is C20H28IO+. The first-order valence-electron chi connectivity index (χ1n) is 7.52. The summed E-state index contributed by atoms with van der Waals surface area (Å²) in [6, 6.07) is 18.4. The molecule has 0 saturated heterocycles. The highest BCUT2D eigenvalue weighted by Gasteiger charge is 2.20. The van der Waals surface area contributed by atoms with E-state index in [0.29, 0.717) is 0 Å². The van der Waals surface area contributed by atoms with E-state index in [-0.39, 0.29) is 37.5 Å². The lowest BCUT2D eigenvalue weighted by Gasteiger charge is -2.18. The Morgan fingerprint density at radius 1 is 0.545 bits per heavy atom. The highest BCUT2D eigenvalue weighted by Crippen LogP contribution is 2.21. The van der Waals surface area contributed by atoms with E-state index in [9.17, 15) is 0 Å². The quantitative estimate of drug-likeness (QED) is 0.673. The fraction of sp³-hybridized carbons (Fsp3) is 0.400. The molecule has 0 radical (unpaired) electrons. The average molecular weight is 411 g/mol. The molecule has 2 heteroatoms. The van der Waals surface area contributed by atoms with E-state index in [0.717, 1.165) is 0 Å².